The zero-order chi connectivity index (χ0) is 3.54. The molecular formula is C2H2KN2O. The molecule has 27 valence electrons. The van der Waals surface area contributed by atoms with Crippen LogP contribution in [0.3, 0.4) is 0 Å². The molecule has 1 rings (SSSR count). The van der Waals surface area contributed by atoms with Crippen LogP contribution >= 0.6 is 0 Å². The molecule has 0 bridgehead atoms. The molecule has 3 nitrogen and oxygen atoms in total. The average molecular weight is 109 g/mol. The molecule has 0 amide bonds. The fraction of sp³-hybridized carbons (Fsp3) is 0. The van der Waals surface area contributed by atoms with Crippen LogP contribution in [0.15, 0.2) is 17.0 Å². The van der Waals surface area contributed by atoms with Crippen molar-refractivity contribution >= 4 is 51.4 Å². The summed E-state index contributed by atoms with van der Waals surface area (Å²) in [7, 11) is 0. The molecule has 0 spiro atoms. The molecule has 0 aliphatic heterocycles. The molecule has 0 atom stereocenters. The molecule has 0 aliphatic carbocycles. The van der Waals surface area contributed by atoms with E-state index in [4.69, 9.17) is 0 Å². The standard InChI is InChI=1S/C2H2N2O.K/c1-2-5-4-3-1;/h1-2H;. The Hall–Kier alpha value is 0.776. The molecule has 0 saturated carbocycles. The second-order valence-corrected chi connectivity index (χ2v) is 0.588. The van der Waals surface area contributed by atoms with Gasteiger partial charge in [-0.1, -0.05) is 0 Å². The number of hydrogen-bond acceptors (Lipinski definition) is 3. The minimum Gasteiger partial charge on any atom is -0.346 e. The Balaban J connectivity index is 0.000000250. The predicted molar refractivity (Wildman–Crippen MR) is 20.1 cm³/mol. The van der Waals surface area contributed by atoms with E-state index in [1.54, 1.807) is 0 Å². The Labute approximate surface area is 77.5 Å². The van der Waals surface area contributed by atoms with Crippen LogP contribution in [-0.2, 0) is 0 Å². The Morgan fingerprint density at radius 3 is 2.50 bits per heavy atom. The second kappa shape index (κ2) is 3.95. The maximum Gasteiger partial charge on any atom is 0.144 e. The van der Waals surface area contributed by atoms with E-state index < -0.39 is 0 Å². The first-order chi connectivity index (χ1) is 2.50. The Kier molecular flexibility index (Phi) is 4.46. The van der Waals surface area contributed by atoms with Gasteiger partial charge in [0.2, 0.25) is 0 Å². The zero-order valence-corrected chi connectivity index (χ0v) is 6.58. The van der Waals surface area contributed by atoms with Gasteiger partial charge in [0, 0.05) is 56.7 Å². The summed E-state index contributed by atoms with van der Waals surface area (Å²) in [4.78, 5) is 0. The fourth-order valence-corrected chi connectivity index (χ4v) is 0.136. The van der Waals surface area contributed by atoms with Crippen molar-refractivity contribution in [2.75, 3.05) is 0 Å². The van der Waals surface area contributed by atoms with Gasteiger partial charge in [0.25, 0.3) is 0 Å². The minimum absolute atomic E-state index is 0. The third-order valence-corrected chi connectivity index (χ3v) is 0.283. The summed E-state index contributed by atoms with van der Waals surface area (Å²) in [5.74, 6) is 0. The van der Waals surface area contributed by atoms with Gasteiger partial charge < -0.3 is 4.52 Å². The van der Waals surface area contributed by atoms with Gasteiger partial charge in [-0.15, -0.1) is 5.10 Å². The van der Waals surface area contributed by atoms with E-state index in [9.17, 15) is 0 Å². The van der Waals surface area contributed by atoms with Crippen molar-refractivity contribution in [1.29, 1.82) is 0 Å². The summed E-state index contributed by atoms with van der Waals surface area (Å²) in [6.45, 7) is 0. The van der Waals surface area contributed by atoms with Gasteiger partial charge in [-0.2, -0.15) is 0 Å². The SMILES string of the molecule is [K].c1conn1. The van der Waals surface area contributed by atoms with Crippen LogP contribution in [0.1, 0.15) is 0 Å². The van der Waals surface area contributed by atoms with E-state index in [1.165, 1.54) is 12.5 Å². The molecule has 0 N–H and O–H groups in total. The summed E-state index contributed by atoms with van der Waals surface area (Å²) >= 11 is 0. The van der Waals surface area contributed by atoms with Crippen LogP contribution in [0, 0.1) is 0 Å². The van der Waals surface area contributed by atoms with Gasteiger partial charge in [-0.25, -0.2) is 0 Å². The van der Waals surface area contributed by atoms with Crippen molar-refractivity contribution in [3.05, 3.63) is 12.5 Å². The molecule has 4 heteroatoms. The summed E-state index contributed by atoms with van der Waals surface area (Å²) in [5, 5.41) is 6.40. The topological polar surface area (TPSA) is 38.9 Å². The monoisotopic (exact) mass is 109 g/mol. The van der Waals surface area contributed by atoms with Crippen molar-refractivity contribution in [2.24, 2.45) is 0 Å². The van der Waals surface area contributed by atoms with Gasteiger partial charge in [-0.3, -0.25) is 0 Å². The molecular weight excluding hydrogens is 107 g/mol. The molecule has 0 aromatic carbocycles. The molecule has 0 aliphatic rings. The largest absolute Gasteiger partial charge is 0.346 e. The number of rotatable bonds is 0. The van der Waals surface area contributed by atoms with E-state index in [-0.39, 0.29) is 51.4 Å². The van der Waals surface area contributed by atoms with E-state index in [0.29, 0.717) is 0 Å². The van der Waals surface area contributed by atoms with Crippen molar-refractivity contribution in [3.63, 3.8) is 0 Å². The molecule has 0 unspecified atom stereocenters. The van der Waals surface area contributed by atoms with E-state index in [0.717, 1.165) is 0 Å². The van der Waals surface area contributed by atoms with Gasteiger partial charge in [0.1, 0.15) is 6.26 Å². The minimum atomic E-state index is 0. The van der Waals surface area contributed by atoms with Gasteiger partial charge in [0.15, 0.2) is 0 Å². The first kappa shape index (κ1) is 6.78. The normalized spacial score (nSPS) is 6.67. The van der Waals surface area contributed by atoms with Crippen molar-refractivity contribution in [1.82, 2.24) is 10.4 Å². The summed E-state index contributed by atoms with van der Waals surface area (Å²) < 4.78 is 4.22. The number of hydrogen-bond donors (Lipinski definition) is 0. The predicted octanol–water partition coefficient (Wildman–Crippen LogP) is -0.311. The third kappa shape index (κ3) is 2.04. The molecule has 1 radical (unpaired) electrons. The van der Waals surface area contributed by atoms with Crippen molar-refractivity contribution < 1.29 is 4.52 Å². The zero-order valence-electron chi connectivity index (χ0n) is 3.46. The van der Waals surface area contributed by atoms with Crippen LogP contribution < -0.4 is 0 Å². The molecule has 6 heavy (non-hydrogen) atoms. The average Bonchev–Trinajstić information content (AvgIpc) is 1.76. The summed E-state index contributed by atoms with van der Waals surface area (Å²) in [6, 6.07) is 0. The molecule has 1 aromatic rings. The Bertz CT molecular complexity index is 68.0. The third-order valence-electron chi connectivity index (χ3n) is 0.283. The number of nitrogens with zero attached hydrogens (tertiary/aromatic N) is 2. The van der Waals surface area contributed by atoms with Crippen LogP contribution in [0.2, 0.25) is 0 Å². The molecule has 1 heterocycles. The molecule has 0 saturated heterocycles. The van der Waals surface area contributed by atoms with Gasteiger partial charge in [-0.05, 0) is 0 Å². The van der Waals surface area contributed by atoms with Gasteiger partial charge in [0.05, 0.1) is 6.20 Å². The maximum atomic E-state index is 4.22. The van der Waals surface area contributed by atoms with E-state index in [2.05, 4.69) is 14.9 Å². The van der Waals surface area contributed by atoms with E-state index in [1.807, 2.05) is 0 Å². The first-order valence-corrected chi connectivity index (χ1v) is 1.21. The van der Waals surface area contributed by atoms with Crippen LogP contribution in [0.4, 0.5) is 0 Å². The van der Waals surface area contributed by atoms with Crippen LogP contribution in [0.5, 0.6) is 0 Å². The Morgan fingerprint density at radius 2 is 2.33 bits per heavy atom. The quantitative estimate of drug-likeness (QED) is 0.429. The van der Waals surface area contributed by atoms with E-state index >= 15 is 0 Å². The summed E-state index contributed by atoms with van der Waals surface area (Å²) in [5.41, 5.74) is 0. The fourth-order valence-electron chi connectivity index (χ4n) is 0.136. The van der Waals surface area contributed by atoms with Crippen molar-refractivity contribution in [3.8, 4) is 0 Å². The van der Waals surface area contributed by atoms with Gasteiger partial charge >= 0.3 is 0 Å². The van der Waals surface area contributed by atoms with Crippen LogP contribution in [-0.4, -0.2) is 61.8 Å². The van der Waals surface area contributed by atoms with Crippen molar-refractivity contribution in [2.45, 2.75) is 0 Å². The van der Waals surface area contributed by atoms with Crippen LogP contribution in [0.25, 0.3) is 0 Å². The molecule has 1 aromatic heterocycles. The molecule has 0 fully saturated rings. The second-order valence-electron chi connectivity index (χ2n) is 0.588. The number of aromatic nitrogens is 2. The Morgan fingerprint density at radius 1 is 1.50 bits per heavy atom. The first-order valence-electron chi connectivity index (χ1n) is 1.21. The smallest absolute Gasteiger partial charge is 0.144 e. The maximum absolute atomic E-state index is 4.22. The summed E-state index contributed by atoms with van der Waals surface area (Å²) in [6.07, 6.45) is 2.88.